The molecule has 2 aromatic rings. The molecule has 4 heteroatoms. The topological polar surface area (TPSA) is 43.8 Å². The summed E-state index contributed by atoms with van der Waals surface area (Å²) in [5.41, 5.74) is 7.62. The fourth-order valence-corrected chi connectivity index (χ4v) is 2.59. The zero-order chi connectivity index (χ0) is 13.8. The van der Waals surface area contributed by atoms with E-state index in [1.54, 1.807) is 0 Å². The molecule has 0 bridgehead atoms. The van der Waals surface area contributed by atoms with E-state index in [0.29, 0.717) is 6.54 Å². The van der Waals surface area contributed by atoms with Crippen molar-refractivity contribution in [2.45, 2.75) is 45.6 Å². The molecule has 0 fully saturated rings. The van der Waals surface area contributed by atoms with Gasteiger partial charge in [0.15, 0.2) is 0 Å². The molecule has 2 rings (SSSR count). The maximum absolute atomic E-state index is 13.3. The molecule has 1 aromatic heterocycles. The molecule has 2 N–H and O–H groups in total. The Labute approximate surface area is 113 Å². The van der Waals surface area contributed by atoms with Gasteiger partial charge in [-0.25, -0.2) is 9.37 Å². The van der Waals surface area contributed by atoms with Crippen LogP contribution in [0.3, 0.4) is 0 Å². The summed E-state index contributed by atoms with van der Waals surface area (Å²) in [6, 6.07) is 4.82. The van der Waals surface area contributed by atoms with E-state index in [9.17, 15) is 4.39 Å². The monoisotopic (exact) mass is 263 g/mol. The second kappa shape index (κ2) is 6.15. The summed E-state index contributed by atoms with van der Waals surface area (Å²) < 4.78 is 15.5. The molecule has 0 aliphatic carbocycles. The van der Waals surface area contributed by atoms with Gasteiger partial charge >= 0.3 is 0 Å². The smallest absolute Gasteiger partial charge is 0.125 e. The summed E-state index contributed by atoms with van der Waals surface area (Å²) in [5.74, 6) is 1.03. The number of hydrogen-bond donors (Lipinski definition) is 1. The molecule has 0 amide bonds. The number of imidazole rings is 1. The van der Waals surface area contributed by atoms with Gasteiger partial charge in [-0.3, -0.25) is 0 Å². The third-order valence-corrected chi connectivity index (χ3v) is 3.47. The van der Waals surface area contributed by atoms with Crippen LogP contribution < -0.4 is 5.73 Å². The average Bonchev–Trinajstić information content (AvgIpc) is 2.74. The predicted molar refractivity (Wildman–Crippen MR) is 76.7 cm³/mol. The second-order valence-corrected chi connectivity index (χ2v) is 4.98. The zero-order valence-corrected chi connectivity index (χ0v) is 11.7. The van der Waals surface area contributed by atoms with Crippen molar-refractivity contribution in [3.8, 4) is 0 Å². The Hall–Kier alpha value is -1.42. The van der Waals surface area contributed by atoms with E-state index in [0.717, 1.165) is 42.7 Å². The minimum atomic E-state index is -0.236. The summed E-state index contributed by atoms with van der Waals surface area (Å²) in [5, 5.41) is 0. The number of nitrogens with zero attached hydrogens (tertiary/aromatic N) is 2. The van der Waals surface area contributed by atoms with Crippen LogP contribution in [0.4, 0.5) is 4.39 Å². The van der Waals surface area contributed by atoms with Crippen molar-refractivity contribution in [1.82, 2.24) is 9.55 Å². The summed E-state index contributed by atoms with van der Waals surface area (Å²) >= 11 is 0. The highest BCUT2D eigenvalue weighted by Crippen LogP contribution is 2.25. The summed E-state index contributed by atoms with van der Waals surface area (Å²) in [6.45, 7) is 5.77. The molecule has 1 atom stereocenters. The fraction of sp³-hybridized carbons (Fsp3) is 0.533. The molecule has 1 aromatic carbocycles. The highest BCUT2D eigenvalue weighted by molar-refractivity contribution is 5.76. The van der Waals surface area contributed by atoms with Crippen molar-refractivity contribution >= 4 is 11.0 Å². The Morgan fingerprint density at radius 2 is 2.11 bits per heavy atom. The van der Waals surface area contributed by atoms with Gasteiger partial charge in [0, 0.05) is 25.1 Å². The first kappa shape index (κ1) is 14.0. The number of aryl methyl sites for hydroxylation is 1. The van der Waals surface area contributed by atoms with Crippen molar-refractivity contribution < 1.29 is 4.39 Å². The van der Waals surface area contributed by atoms with E-state index in [-0.39, 0.29) is 11.7 Å². The first-order valence-electron chi connectivity index (χ1n) is 7.07. The summed E-state index contributed by atoms with van der Waals surface area (Å²) in [4.78, 5) is 4.62. The molecule has 19 heavy (non-hydrogen) atoms. The van der Waals surface area contributed by atoms with Gasteiger partial charge in [0.1, 0.15) is 11.6 Å². The highest BCUT2D eigenvalue weighted by Gasteiger charge is 2.18. The first-order chi connectivity index (χ1) is 9.21. The number of halogens is 1. The number of benzene rings is 1. The van der Waals surface area contributed by atoms with Crippen molar-refractivity contribution in [1.29, 1.82) is 0 Å². The van der Waals surface area contributed by atoms with Crippen LogP contribution >= 0.6 is 0 Å². The van der Waals surface area contributed by atoms with E-state index in [2.05, 4.69) is 23.4 Å². The van der Waals surface area contributed by atoms with Crippen LogP contribution in [0.5, 0.6) is 0 Å². The third kappa shape index (κ3) is 2.78. The van der Waals surface area contributed by atoms with Crippen LogP contribution in [0.1, 0.15) is 44.9 Å². The molecule has 0 spiro atoms. The number of nitrogens with two attached hydrogens (primary N) is 1. The molecular weight excluding hydrogens is 241 g/mol. The molecule has 0 saturated heterocycles. The van der Waals surface area contributed by atoms with Gasteiger partial charge in [0.05, 0.1) is 11.0 Å². The lowest BCUT2D eigenvalue weighted by atomic mass is 10.0. The largest absolute Gasteiger partial charge is 0.330 e. The molecule has 0 saturated carbocycles. The number of aromatic nitrogens is 2. The standard InChI is InChI=1S/C15H22FN3/c1-3-5-11(10-17)15-18-13-9-12(16)6-7-14(13)19(15)8-4-2/h6-7,9,11H,3-5,8,10,17H2,1-2H3. The van der Waals surface area contributed by atoms with Crippen molar-refractivity contribution in [3.63, 3.8) is 0 Å². The minimum Gasteiger partial charge on any atom is -0.330 e. The number of fused-ring (bicyclic) bond motifs is 1. The van der Waals surface area contributed by atoms with E-state index in [1.807, 2.05) is 6.07 Å². The van der Waals surface area contributed by atoms with E-state index in [1.165, 1.54) is 12.1 Å². The van der Waals surface area contributed by atoms with E-state index < -0.39 is 0 Å². The molecule has 104 valence electrons. The second-order valence-electron chi connectivity index (χ2n) is 4.98. The van der Waals surface area contributed by atoms with Crippen LogP contribution in [-0.2, 0) is 6.54 Å². The maximum Gasteiger partial charge on any atom is 0.125 e. The fourth-order valence-electron chi connectivity index (χ4n) is 2.59. The van der Waals surface area contributed by atoms with Gasteiger partial charge in [0.25, 0.3) is 0 Å². The maximum atomic E-state index is 13.3. The Morgan fingerprint density at radius 1 is 1.32 bits per heavy atom. The molecule has 0 aliphatic heterocycles. The van der Waals surface area contributed by atoms with Crippen molar-refractivity contribution in [2.75, 3.05) is 6.54 Å². The average molecular weight is 263 g/mol. The molecular formula is C15H22FN3. The highest BCUT2D eigenvalue weighted by atomic mass is 19.1. The SMILES string of the molecule is CCCC(CN)c1nc2cc(F)ccc2n1CCC. The van der Waals surface area contributed by atoms with Crippen molar-refractivity contribution in [3.05, 3.63) is 29.8 Å². The molecule has 0 radical (unpaired) electrons. The van der Waals surface area contributed by atoms with Crippen LogP contribution in [-0.4, -0.2) is 16.1 Å². The van der Waals surface area contributed by atoms with Gasteiger partial charge < -0.3 is 10.3 Å². The molecule has 0 aliphatic rings. The Kier molecular flexibility index (Phi) is 4.53. The normalized spacial score (nSPS) is 13.1. The number of rotatable bonds is 6. The lowest BCUT2D eigenvalue weighted by molar-refractivity contribution is 0.544. The Bertz CT molecular complexity index is 548. The van der Waals surface area contributed by atoms with Gasteiger partial charge in [-0.1, -0.05) is 20.3 Å². The van der Waals surface area contributed by atoms with E-state index in [4.69, 9.17) is 5.73 Å². The number of hydrogen-bond acceptors (Lipinski definition) is 2. The van der Waals surface area contributed by atoms with Gasteiger partial charge in [-0.2, -0.15) is 0 Å². The van der Waals surface area contributed by atoms with Crippen LogP contribution in [0.15, 0.2) is 18.2 Å². The Morgan fingerprint density at radius 3 is 2.74 bits per heavy atom. The van der Waals surface area contributed by atoms with Crippen molar-refractivity contribution in [2.24, 2.45) is 5.73 Å². The van der Waals surface area contributed by atoms with E-state index >= 15 is 0 Å². The predicted octanol–water partition coefficient (Wildman–Crippen LogP) is 3.43. The quantitative estimate of drug-likeness (QED) is 0.867. The van der Waals surface area contributed by atoms with Crippen LogP contribution in [0.2, 0.25) is 0 Å². The van der Waals surface area contributed by atoms with Gasteiger partial charge in [0.2, 0.25) is 0 Å². The molecule has 3 nitrogen and oxygen atoms in total. The summed E-state index contributed by atoms with van der Waals surface area (Å²) in [6.07, 6.45) is 3.12. The Balaban J connectivity index is 2.54. The molecule has 1 unspecified atom stereocenters. The van der Waals surface area contributed by atoms with Crippen LogP contribution in [0, 0.1) is 5.82 Å². The van der Waals surface area contributed by atoms with Gasteiger partial charge in [-0.15, -0.1) is 0 Å². The van der Waals surface area contributed by atoms with Gasteiger partial charge in [-0.05, 0) is 25.0 Å². The summed E-state index contributed by atoms with van der Waals surface area (Å²) in [7, 11) is 0. The lowest BCUT2D eigenvalue weighted by Crippen LogP contribution is -2.17. The van der Waals surface area contributed by atoms with Crippen LogP contribution in [0.25, 0.3) is 11.0 Å². The zero-order valence-electron chi connectivity index (χ0n) is 11.7. The first-order valence-corrected chi connectivity index (χ1v) is 7.07. The third-order valence-electron chi connectivity index (χ3n) is 3.47. The molecule has 1 heterocycles. The lowest BCUT2D eigenvalue weighted by Gasteiger charge is -2.15. The minimum absolute atomic E-state index is 0.236.